The molecule has 126 valence electrons. The first-order chi connectivity index (χ1) is 11.4. The highest BCUT2D eigenvalue weighted by Crippen LogP contribution is 2.43. The van der Waals surface area contributed by atoms with Gasteiger partial charge in [-0.25, -0.2) is 9.18 Å². The molecule has 0 bridgehead atoms. The number of hydrogen-bond acceptors (Lipinski definition) is 4. The number of carbonyl (C=O) groups is 2. The Hall–Kier alpha value is -1.82. The highest BCUT2D eigenvalue weighted by atomic mass is 79.9. The third-order valence-electron chi connectivity index (χ3n) is 4.62. The molecule has 0 N–H and O–H groups in total. The number of aliphatic imine (C=N–C) groups is 1. The number of ketones is 1. The Balaban J connectivity index is 2.19. The molecule has 1 fully saturated rings. The van der Waals surface area contributed by atoms with Crippen molar-refractivity contribution in [2.75, 3.05) is 7.11 Å². The second kappa shape index (κ2) is 6.59. The van der Waals surface area contributed by atoms with Crippen molar-refractivity contribution in [3.8, 4) is 0 Å². The molecule has 0 aromatic heterocycles. The van der Waals surface area contributed by atoms with Crippen LogP contribution in [0.2, 0.25) is 0 Å². The van der Waals surface area contributed by atoms with Crippen LogP contribution in [0.5, 0.6) is 0 Å². The first-order valence-corrected chi connectivity index (χ1v) is 8.57. The van der Waals surface area contributed by atoms with Gasteiger partial charge in [0, 0.05) is 23.7 Å². The lowest BCUT2D eigenvalue weighted by Gasteiger charge is -2.35. The SMILES string of the molecule is COC(=O)C1=C(C)N=C2CCCC(=O)C2[C@@H]1c1ccc(F)c(Br)c1. The van der Waals surface area contributed by atoms with Crippen molar-refractivity contribution in [2.45, 2.75) is 32.1 Å². The molecule has 24 heavy (non-hydrogen) atoms. The van der Waals surface area contributed by atoms with Crippen LogP contribution in [0.15, 0.2) is 38.9 Å². The van der Waals surface area contributed by atoms with Crippen LogP contribution in [0.1, 0.15) is 37.7 Å². The molecular formula is C18H17BrFNO3. The average Bonchev–Trinajstić information content (AvgIpc) is 2.55. The largest absolute Gasteiger partial charge is 0.466 e. The summed E-state index contributed by atoms with van der Waals surface area (Å²) < 4.78 is 18.9. The first-order valence-electron chi connectivity index (χ1n) is 7.78. The zero-order valence-electron chi connectivity index (χ0n) is 13.4. The van der Waals surface area contributed by atoms with Crippen LogP contribution >= 0.6 is 15.9 Å². The van der Waals surface area contributed by atoms with Gasteiger partial charge in [0.25, 0.3) is 0 Å². The van der Waals surface area contributed by atoms with E-state index in [4.69, 9.17) is 4.74 Å². The summed E-state index contributed by atoms with van der Waals surface area (Å²) in [4.78, 5) is 29.4. The smallest absolute Gasteiger partial charge is 0.336 e. The number of esters is 1. The zero-order chi connectivity index (χ0) is 17.4. The topological polar surface area (TPSA) is 55.7 Å². The molecule has 0 spiro atoms. The maximum absolute atomic E-state index is 13.6. The number of Topliss-reactive ketones (excluding diaryl/α,β-unsaturated/α-hetero) is 1. The van der Waals surface area contributed by atoms with Crippen molar-refractivity contribution in [1.82, 2.24) is 0 Å². The fraction of sp³-hybridized carbons (Fsp3) is 0.389. The summed E-state index contributed by atoms with van der Waals surface area (Å²) in [5, 5.41) is 0. The number of benzene rings is 1. The van der Waals surface area contributed by atoms with Crippen molar-refractivity contribution in [3.63, 3.8) is 0 Å². The Labute approximate surface area is 147 Å². The second-order valence-corrected chi connectivity index (χ2v) is 6.90. The Morgan fingerprint density at radius 2 is 2.08 bits per heavy atom. The lowest BCUT2D eigenvalue weighted by Crippen LogP contribution is -2.39. The molecule has 1 aromatic carbocycles. The minimum Gasteiger partial charge on any atom is -0.466 e. The third-order valence-corrected chi connectivity index (χ3v) is 5.22. The van der Waals surface area contributed by atoms with Gasteiger partial charge in [0.15, 0.2) is 0 Å². The van der Waals surface area contributed by atoms with Crippen LogP contribution in [0.25, 0.3) is 0 Å². The van der Waals surface area contributed by atoms with Gasteiger partial charge < -0.3 is 4.74 Å². The molecule has 1 unspecified atom stereocenters. The molecule has 4 nitrogen and oxygen atoms in total. The third kappa shape index (κ3) is 2.83. The monoisotopic (exact) mass is 393 g/mol. The molecule has 3 rings (SSSR count). The van der Waals surface area contributed by atoms with Crippen molar-refractivity contribution in [1.29, 1.82) is 0 Å². The second-order valence-electron chi connectivity index (χ2n) is 6.04. The van der Waals surface area contributed by atoms with E-state index in [1.54, 1.807) is 19.1 Å². The van der Waals surface area contributed by atoms with E-state index >= 15 is 0 Å². The maximum Gasteiger partial charge on any atom is 0.336 e. The lowest BCUT2D eigenvalue weighted by molar-refractivity contribution is -0.136. The molecule has 1 aliphatic heterocycles. The number of halogens is 2. The van der Waals surface area contributed by atoms with Crippen LogP contribution in [0, 0.1) is 11.7 Å². The van der Waals surface area contributed by atoms with Gasteiger partial charge in [-0.05, 0) is 53.4 Å². The summed E-state index contributed by atoms with van der Waals surface area (Å²) >= 11 is 3.18. The van der Waals surface area contributed by atoms with Gasteiger partial charge in [-0.3, -0.25) is 9.79 Å². The lowest BCUT2D eigenvalue weighted by atomic mass is 9.69. The van der Waals surface area contributed by atoms with E-state index in [1.807, 2.05) is 0 Å². The van der Waals surface area contributed by atoms with Crippen molar-refractivity contribution in [3.05, 3.63) is 45.3 Å². The number of nitrogens with zero attached hydrogens (tertiary/aromatic N) is 1. The van der Waals surface area contributed by atoms with E-state index in [0.29, 0.717) is 27.7 Å². The van der Waals surface area contributed by atoms with Crippen molar-refractivity contribution >= 4 is 33.4 Å². The quantitative estimate of drug-likeness (QED) is 0.714. The first kappa shape index (κ1) is 17.0. The highest BCUT2D eigenvalue weighted by Gasteiger charge is 2.43. The summed E-state index contributed by atoms with van der Waals surface area (Å²) in [6, 6.07) is 4.58. The van der Waals surface area contributed by atoms with Crippen LogP contribution in [0.4, 0.5) is 4.39 Å². The zero-order valence-corrected chi connectivity index (χ0v) is 15.0. The fourth-order valence-corrected chi connectivity index (χ4v) is 3.96. The summed E-state index contributed by atoms with van der Waals surface area (Å²) in [6.45, 7) is 1.75. The molecule has 1 heterocycles. The number of ether oxygens (including phenoxy) is 1. The molecule has 1 saturated carbocycles. The summed E-state index contributed by atoms with van der Waals surface area (Å²) in [6.07, 6.45) is 1.98. The molecule has 1 aromatic rings. The van der Waals surface area contributed by atoms with Gasteiger partial charge in [-0.1, -0.05) is 6.07 Å². The van der Waals surface area contributed by atoms with Crippen molar-refractivity contribution < 1.29 is 18.7 Å². The van der Waals surface area contributed by atoms with Crippen molar-refractivity contribution in [2.24, 2.45) is 10.9 Å². The van der Waals surface area contributed by atoms with E-state index in [1.165, 1.54) is 13.2 Å². The Morgan fingerprint density at radius 1 is 1.33 bits per heavy atom. The maximum atomic E-state index is 13.6. The summed E-state index contributed by atoms with van der Waals surface area (Å²) in [7, 11) is 1.31. The van der Waals surface area contributed by atoms with Crippen LogP contribution in [-0.2, 0) is 14.3 Å². The molecular weight excluding hydrogens is 377 g/mol. The number of methoxy groups -OCH3 is 1. The Kier molecular flexibility index (Phi) is 4.67. The number of hydrogen-bond donors (Lipinski definition) is 0. The van der Waals surface area contributed by atoms with E-state index in [0.717, 1.165) is 18.6 Å². The van der Waals surface area contributed by atoms with E-state index in [9.17, 15) is 14.0 Å². The van der Waals surface area contributed by atoms with E-state index < -0.39 is 23.6 Å². The summed E-state index contributed by atoms with van der Waals surface area (Å²) in [5.74, 6) is -1.79. The minimum atomic E-state index is -0.501. The molecule has 6 heteroatoms. The van der Waals surface area contributed by atoms with E-state index in [2.05, 4.69) is 20.9 Å². The van der Waals surface area contributed by atoms with Gasteiger partial charge in [-0.2, -0.15) is 0 Å². The van der Waals surface area contributed by atoms with Crippen LogP contribution in [0.3, 0.4) is 0 Å². The predicted octanol–water partition coefficient (Wildman–Crippen LogP) is 3.94. The molecule has 0 saturated heterocycles. The van der Waals surface area contributed by atoms with Crippen LogP contribution < -0.4 is 0 Å². The minimum absolute atomic E-state index is 0.0688. The number of rotatable bonds is 2. The number of allylic oxidation sites excluding steroid dienone is 1. The average molecular weight is 394 g/mol. The fourth-order valence-electron chi connectivity index (χ4n) is 3.56. The van der Waals surface area contributed by atoms with Gasteiger partial charge in [0.1, 0.15) is 11.6 Å². The Morgan fingerprint density at radius 3 is 2.75 bits per heavy atom. The van der Waals surface area contributed by atoms with Crippen LogP contribution in [-0.4, -0.2) is 24.6 Å². The molecule has 1 aliphatic carbocycles. The Bertz CT molecular complexity index is 784. The number of fused-ring (bicyclic) bond motifs is 1. The van der Waals surface area contributed by atoms with Gasteiger partial charge >= 0.3 is 5.97 Å². The van der Waals surface area contributed by atoms with E-state index in [-0.39, 0.29) is 5.78 Å². The molecule has 2 aliphatic rings. The predicted molar refractivity (Wildman–Crippen MR) is 91.3 cm³/mol. The number of carbonyl (C=O) groups excluding carboxylic acids is 2. The standard InChI is InChI=1S/C18H17BrFNO3/c1-9-15(18(23)24-2)16(10-6-7-12(20)11(19)8-10)17-13(21-9)4-3-5-14(17)22/h6-8,16-17H,3-5H2,1-2H3/t16-,17?/m1/s1. The molecule has 2 atom stereocenters. The normalized spacial score (nSPS) is 23.7. The summed E-state index contributed by atoms with van der Waals surface area (Å²) in [5.41, 5.74) is 2.45. The molecule has 0 radical (unpaired) electrons. The van der Waals surface area contributed by atoms with Gasteiger partial charge in [0.05, 0.1) is 23.1 Å². The van der Waals surface area contributed by atoms with Gasteiger partial charge in [0.2, 0.25) is 0 Å². The van der Waals surface area contributed by atoms with Gasteiger partial charge in [-0.15, -0.1) is 0 Å². The molecule has 0 amide bonds. The highest BCUT2D eigenvalue weighted by molar-refractivity contribution is 9.10.